The van der Waals surface area contributed by atoms with E-state index in [0.717, 1.165) is 23.7 Å². The van der Waals surface area contributed by atoms with Crippen LogP contribution in [0.25, 0.3) is 0 Å². The van der Waals surface area contributed by atoms with E-state index in [1.165, 1.54) is 64.2 Å². The van der Waals surface area contributed by atoms with Crippen LogP contribution >= 0.6 is 0 Å². The quantitative estimate of drug-likeness (QED) is 0.604. The number of hydrogen-bond donors (Lipinski definition) is 1. The van der Waals surface area contributed by atoms with Gasteiger partial charge in [0.25, 0.3) is 0 Å². The van der Waals surface area contributed by atoms with Crippen molar-refractivity contribution in [2.45, 2.75) is 83.2 Å². The van der Waals surface area contributed by atoms with Crippen LogP contribution in [-0.4, -0.2) is 23.5 Å². The van der Waals surface area contributed by atoms with Gasteiger partial charge in [-0.3, -0.25) is 0 Å². The Balaban J connectivity index is 1.83. The van der Waals surface area contributed by atoms with Crippen LogP contribution in [0.2, 0.25) is 0 Å². The fourth-order valence-corrected chi connectivity index (χ4v) is 4.21. The number of nitrogens with zero attached hydrogens (tertiary/aromatic N) is 1. The summed E-state index contributed by atoms with van der Waals surface area (Å²) in [5.74, 6) is 0.817. The van der Waals surface area contributed by atoms with Crippen LogP contribution in [0, 0.1) is 5.92 Å². The van der Waals surface area contributed by atoms with E-state index in [1.807, 2.05) is 6.20 Å². The largest absolute Gasteiger partial charge is 0.385 e. The van der Waals surface area contributed by atoms with E-state index < -0.39 is 0 Å². The first kappa shape index (κ1) is 18.2. The van der Waals surface area contributed by atoms with Crippen molar-refractivity contribution in [2.75, 3.05) is 6.54 Å². The minimum Gasteiger partial charge on any atom is -0.385 e. The van der Waals surface area contributed by atoms with Crippen molar-refractivity contribution in [3.05, 3.63) is 37.2 Å². The van der Waals surface area contributed by atoms with Gasteiger partial charge in [0.1, 0.15) is 0 Å². The molecule has 2 rings (SSSR count). The highest BCUT2D eigenvalue weighted by atomic mass is 15.2. The van der Waals surface area contributed by atoms with E-state index in [-0.39, 0.29) is 6.04 Å². The van der Waals surface area contributed by atoms with Crippen molar-refractivity contribution in [3.8, 4) is 0 Å². The van der Waals surface area contributed by atoms with Gasteiger partial charge in [0.15, 0.2) is 0 Å². The van der Waals surface area contributed by atoms with Gasteiger partial charge in [0, 0.05) is 18.3 Å². The summed E-state index contributed by atoms with van der Waals surface area (Å²) in [7, 11) is 0. The summed E-state index contributed by atoms with van der Waals surface area (Å²) >= 11 is 0. The molecular weight excluding hydrogens is 280 g/mol. The Kier molecular flexibility index (Phi) is 7.26. The molecule has 2 aliphatic rings. The predicted octanol–water partition coefficient (Wildman–Crippen LogP) is 5.39. The van der Waals surface area contributed by atoms with Gasteiger partial charge in [0.05, 0.1) is 6.04 Å². The lowest BCUT2D eigenvalue weighted by Gasteiger charge is -2.39. The molecule has 0 bridgehead atoms. The molecule has 2 nitrogen and oxygen atoms in total. The van der Waals surface area contributed by atoms with E-state index in [9.17, 15) is 0 Å². The molecule has 2 aliphatic carbocycles. The van der Waals surface area contributed by atoms with Crippen molar-refractivity contribution >= 4 is 0 Å². The Hall–Kier alpha value is -1.18. The molecule has 1 atom stereocenters. The predicted molar refractivity (Wildman–Crippen MR) is 101 cm³/mol. The Morgan fingerprint density at radius 3 is 2.17 bits per heavy atom. The Bertz CT molecular complexity index is 400. The molecule has 23 heavy (non-hydrogen) atoms. The van der Waals surface area contributed by atoms with E-state index in [0.29, 0.717) is 6.04 Å². The molecule has 0 aliphatic heterocycles. The normalized spacial score (nSPS) is 21.4. The molecule has 0 radical (unpaired) electrons. The van der Waals surface area contributed by atoms with Gasteiger partial charge in [-0.1, -0.05) is 58.3 Å². The first-order valence-corrected chi connectivity index (χ1v) is 9.65. The summed E-state index contributed by atoms with van der Waals surface area (Å²) in [6.07, 6.45) is 15.6. The number of hydrogen-bond acceptors (Lipinski definition) is 2. The minimum absolute atomic E-state index is 0.280. The first-order chi connectivity index (χ1) is 11.1. The van der Waals surface area contributed by atoms with Crippen LogP contribution in [0.1, 0.15) is 71.1 Å². The fraction of sp³-hybridized carbons (Fsp3) is 0.714. The van der Waals surface area contributed by atoms with Crippen molar-refractivity contribution in [2.24, 2.45) is 5.92 Å². The van der Waals surface area contributed by atoms with Crippen molar-refractivity contribution in [1.29, 1.82) is 0 Å². The lowest BCUT2D eigenvalue weighted by molar-refractivity contribution is 0.190. The summed E-state index contributed by atoms with van der Waals surface area (Å²) in [4.78, 5) is 2.41. The third-order valence-corrected chi connectivity index (χ3v) is 5.88. The summed E-state index contributed by atoms with van der Waals surface area (Å²) in [6, 6.07) is 0.904. The highest BCUT2D eigenvalue weighted by Crippen LogP contribution is 2.28. The molecule has 2 heteroatoms. The maximum Gasteiger partial charge on any atom is 0.0525 e. The standard InChI is InChI=1S/C21H36N2/c1-5-23(21-14-10-7-11-15-21)19(4)17(2)18(3)22-16-20-12-8-6-9-13-20/h5,19-22H,1-3,6-16H2,4H3. The second-order valence-electron chi connectivity index (χ2n) is 7.49. The molecule has 0 heterocycles. The Morgan fingerprint density at radius 1 is 1.04 bits per heavy atom. The third kappa shape index (κ3) is 5.16. The molecule has 0 aromatic rings. The second kappa shape index (κ2) is 9.20. The SMILES string of the molecule is C=CN(C1CCCCC1)C(C)C(=C)C(=C)NCC1CCCCC1. The molecule has 0 aromatic carbocycles. The molecule has 0 aromatic heterocycles. The molecule has 0 saturated heterocycles. The van der Waals surface area contributed by atoms with Gasteiger partial charge in [-0.25, -0.2) is 0 Å². The van der Waals surface area contributed by atoms with Gasteiger partial charge >= 0.3 is 0 Å². The number of nitrogens with one attached hydrogen (secondary N) is 1. The summed E-state index contributed by atoms with van der Waals surface area (Å²) in [6.45, 7) is 15.9. The summed E-state index contributed by atoms with van der Waals surface area (Å²) in [5, 5.41) is 3.56. The van der Waals surface area contributed by atoms with Crippen molar-refractivity contribution < 1.29 is 0 Å². The molecule has 130 valence electrons. The number of rotatable bonds is 8. The van der Waals surface area contributed by atoms with Crippen molar-refractivity contribution in [3.63, 3.8) is 0 Å². The lowest BCUT2D eigenvalue weighted by Crippen LogP contribution is -2.41. The van der Waals surface area contributed by atoms with Crippen LogP contribution in [-0.2, 0) is 0 Å². The maximum atomic E-state index is 4.33. The molecule has 1 N–H and O–H groups in total. The van der Waals surface area contributed by atoms with Crippen LogP contribution in [0.4, 0.5) is 0 Å². The van der Waals surface area contributed by atoms with E-state index in [2.05, 4.69) is 36.9 Å². The first-order valence-electron chi connectivity index (χ1n) is 9.65. The molecule has 1 unspecified atom stereocenters. The Labute approximate surface area is 143 Å². The van der Waals surface area contributed by atoms with E-state index in [1.54, 1.807) is 0 Å². The smallest absolute Gasteiger partial charge is 0.0525 e. The van der Waals surface area contributed by atoms with Gasteiger partial charge in [-0.15, -0.1) is 0 Å². The molecule has 0 amide bonds. The highest BCUT2D eigenvalue weighted by molar-refractivity contribution is 5.29. The summed E-state index contributed by atoms with van der Waals surface area (Å²) in [5.41, 5.74) is 2.14. The van der Waals surface area contributed by atoms with Gasteiger partial charge in [-0.2, -0.15) is 0 Å². The third-order valence-electron chi connectivity index (χ3n) is 5.88. The topological polar surface area (TPSA) is 15.3 Å². The molecule has 2 saturated carbocycles. The van der Waals surface area contributed by atoms with Gasteiger partial charge < -0.3 is 10.2 Å². The average molecular weight is 317 g/mol. The van der Waals surface area contributed by atoms with Gasteiger partial charge in [0.2, 0.25) is 0 Å². The Morgan fingerprint density at radius 2 is 1.61 bits per heavy atom. The zero-order valence-electron chi connectivity index (χ0n) is 15.2. The van der Waals surface area contributed by atoms with Crippen LogP contribution in [0.3, 0.4) is 0 Å². The highest BCUT2D eigenvalue weighted by Gasteiger charge is 2.25. The van der Waals surface area contributed by atoms with Crippen LogP contribution in [0.15, 0.2) is 37.2 Å². The fourth-order valence-electron chi connectivity index (χ4n) is 4.21. The van der Waals surface area contributed by atoms with Gasteiger partial charge in [-0.05, 0) is 50.3 Å². The zero-order valence-corrected chi connectivity index (χ0v) is 15.2. The molecule has 2 fully saturated rings. The van der Waals surface area contributed by atoms with Crippen LogP contribution < -0.4 is 5.32 Å². The lowest BCUT2D eigenvalue weighted by atomic mass is 9.89. The van der Waals surface area contributed by atoms with E-state index in [4.69, 9.17) is 0 Å². The minimum atomic E-state index is 0.280. The zero-order chi connectivity index (χ0) is 16.7. The summed E-state index contributed by atoms with van der Waals surface area (Å²) < 4.78 is 0. The average Bonchev–Trinajstić information content (AvgIpc) is 2.61. The molecular formula is C21H36N2. The van der Waals surface area contributed by atoms with E-state index >= 15 is 0 Å². The monoisotopic (exact) mass is 316 g/mol. The second-order valence-corrected chi connectivity index (χ2v) is 7.49. The maximum absolute atomic E-state index is 4.33. The van der Waals surface area contributed by atoms with Crippen LogP contribution in [0.5, 0.6) is 0 Å². The van der Waals surface area contributed by atoms with Crippen molar-refractivity contribution in [1.82, 2.24) is 10.2 Å². The molecule has 0 spiro atoms.